The van der Waals surface area contributed by atoms with E-state index in [1.807, 2.05) is 29.6 Å². The van der Waals surface area contributed by atoms with Crippen LogP contribution in [0.25, 0.3) is 11.3 Å². The van der Waals surface area contributed by atoms with Crippen molar-refractivity contribution in [2.24, 2.45) is 5.73 Å². The van der Waals surface area contributed by atoms with Crippen LogP contribution in [0.3, 0.4) is 0 Å². The molecule has 0 fully saturated rings. The standard InChI is InChI=1S/C16H16N2S/c1-11(2)12-5-7-13(8-6-12)16(18)14(10-17)15-4-3-9-19-15/h3-9,11H,18H2,1-2H3/b16-14+. The molecule has 0 aliphatic carbocycles. The Balaban J connectivity index is 2.42. The largest absolute Gasteiger partial charge is 0.397 e. The number of hydrogen-bond donors (Lipinski definition) is 1. The van der Waals surface area contributed by atoms with Gasteiger partial charge < -0.3 is 5.73 Å². The molecule has 19 heavy (non-hydrogen) atoms. The van der Waals surface area contributed by atoms with Gasteiger partial charge in [0.15, 0.2) is 0 Å². The first-order valence-electron chi connectivity index (χ1n) is 6.17. The maximum Gasteiger partial charge on any atom is 0.103 e. The fourth-order valence-corrected chi connectivity index (χ4v) is 2.60. The van der Waals surface area contributed by atoms with Gasteiger partial charge in [-0.15, -0.1) is 11.3 Å². The average molecular weight is 268 g/mol. The first-order valence-corrected chi connectivity index (χ1v) is 7.05. The van der Waals surface area contributed by atoms with Crippen molar-refractivity contribution >= 4 is 22.6 Å². The van der Waals surface area contributed by atoms with E-state index in [0.29, 0.717) is 17.2 Å². The second kappa shape index (κ2) is 5.73. The molecule has 2 aromatic rings. The highest BCUT2D eigenvalue weighted by Crippen LogP contribution is 2.26. The molecule has 1 aromatic heterocycles. The second-order valence-electron chi connectivity index (χ2n) is 4.65. The van der Waals surface area contributed by atoms with Crippen LogP contribution in [0.2, 0.25) is 0 Å². The van der Waals surface area contributed by atoms with Gasteiger partial charge in [0.2, 0.25) is 0 Å². The normalized spacial score (nSPS) is 12.1. The van der Waals surface area contributed by atoms with Gasteiger partial charge in [-0.25, -0.2) is 0 Å². The Kier molecular flexibility index (Phi) is 4.03. The lowest BCUT2D eigenvalue weighted by Gasteiger charge is -2.08. The third kappa shape index (κ3) is 2.86. The van der Waals surface area contributed by atoms with E-state index >= 15 is 0 Å². The summed E-state index contributed by atoms with van der Waals surface area (Å²) in [6.07, 6.45) is 0. The summed E-state index contributed by atoms with van der Waals surface area (Å²) in [6.45, 7) is 4.31. The molecular formula is C16H16N2S. The van der Waals surface area contributed by atoms with Gasteiger partial charge >= 0.3 is 0 Å². The first-order chi connectivity index (χ1) is 9.13. The van der Waals surface area contributed by atoms with Crippen LogP contribution in [0.5, 0.6) is 0 Å². The van der Waals surface area contributed by atoms with Gasteiger partial charge in [-0.1, -0.05) is 44.2 Å². The van der Waals surface area contributed by atoms with Gasteiger partial charge in [0, 0.05) is 4.88 Å². The zero-order valence-corrected chi connectivity index (χ0v) is 11.9. The van der Waals surface area contributed by atoms with E-state index in [0.717, 1.165) is 10.4 Å². The first kappa shape index (κ1) is 13.4. The van der Waals surface area contributed by atoms with Crippen molar-refractivity contribution in [3.05, 3.63) is 57.8 Å². The van der Waals surface area contributed by atoms with E-state index in [2.05, 4.69) is 32.0 Å². The van der Waals surface area contributed by atoms with Gasteiger partial charge in [0.25, 0.3) is 0 Å². The molecule has 0 spiro atoms. The number of allylic oxidation sites excluding steroid dienone is 1. The van der Waals surface area contributed by atoms with Gasteiger partial charge in [-0.05, 0) is 28.5 Å². The van der Waals surface area contributed by atoms with E-state index in [4.69, 9.17) is 5.73 Å². The van der Waals surface area contributed by atoms with E-state index in [1.165, 1.54) is 16.9 Å². The van der Waals surface area contributed by atoms with Crippen LogP contribution in [0, 0.1) is 11.3 Å². The van der Waals surface area contributed by atoms with Gasteiger partial charge in [0.1, 0.15) is 6.07 Å². The summed E-state index contributed by atoms with van der Waals surface area (Å²) in [4.78, 5) is 0.910. The molecule has 96 valence electrons. The van der Waals surface area contributed by atoms with E-state index in [-0.39, 0.29) is 0 Å². The minimum absolute atomic E-state index is 0.493. The molecule has 0 saturated carbocycles. The number of hydrogen-bond acceptors (Lipinski definition) is 3. The van der Waals surface area contributed by atoms with Crippen molar-refractivity contribution in [2.75, 3.05) is 0 Å². The number of benzene rings is 1. The highest BCUT2D eigenvalue weighted by atomic mass is 32.1. The summed E-state index contributed by atoms with van der Waals surface area (Å²) in [5.41, 5.74) is 9.39. The minimum atomic E-state index is 0.493. The zero-order chi connectivity index (χ0) is 13.8. The van der Waals surface area contributed by atoms with Crippen molar-refractivity contribution in [3.63, 3.8) is 0 Å². The third-order valence-corrected chi connectivity index (χ3v) is 3.92. The van der Waals surface area contributed by atoms with Crippen molar-refractivity contribution in [2.45, 2.75) is 19.8 Å². The lowest BCUT2D eigenvalue weighted by atomic mass is 9.99. The highest BCUT2D eigenvalue weighted by molar-refractivity contribution is 7.11. The molecule has 2 rings (SSSR count). The van der Waals surface area contributed by atoms with Gasteiger partial charge in [-0.2, -0.15) is 5.26 Å². The Hall–Kier alpha value is -2.05. The van der Waals surface area contributed by atoms with Crippen molar-refractivity contribution < 1.29 is 0 Å². The van der Waals surface area contributed by atoms with Crippen LogP contribution in [0.4, 0.5) is 0 Å². The van der Waals surface area contributed by atoms with Crippen LogP contribution in [0.1, 0.15) is 35.8 Å². The number of rotatable bonds is 3. The fourth-order valence-electron chi connectivity index (χ4n) is 1.86. The Morgan fingerprint density at radius 2 is 1.89 bits per heavy atom. The van der Waals surface area contributed by atoms with Crippen LogP contribution >= 0.6 is 11.3 Å². The van der Waals surface area contributed by atoms with Crippen molar-refractivity contribution in [1.82, 2.24) is 0 Å². The molecule has 0 aliphatic heterocycles. The molecule has 2 N–H and O–H groups in total. The van der Waals surface area contributed by atoms with Crippen molar-refractivity contribution in [3.8, 4) is 6.07 Å². The third-order valence-electron chi connectivity index (χ3n) is 3.04. The van der Waals surface area contributed by atoms with Crippen LogP contribution in [0.15, 0.2) is 41.8 Å². The van der Waals surface area contributed by atoms with E-state index < -0.39 is 0 Å². The number of thiophene rings is 1. The van der Waals surface area contributed by atoms with Gasteiger partial charge in [-0.3, -0.25) is 0 Å². The van der Waals surface area contributed by atoms with E-state index in [1.54, 1.807) is 0 Å². The quantitative estimate of drug-likeness (QED) is 0.847. The number of nitrogens with two attached hydrogens (primary N) is 1. The minimum Gasteiger partial charge on any atom is -0.397 e. The molecule has 0 saturated heterocycles. The summed E-state index contributed by atoms with van der Waals surface area (Å²) in [6, 6.07) is 14.1. The maximum atomic E-state index is 9.29. The Bertz CT molecular complexity index is 614. The molecule has 0 radical (unpaired) electrons. The fraction of sp³-hybridized carbons (Fsp3) is 0.188. The van der Waals surface area contributed by atoms with Gasteiger partial charge in [0.05, 0.1) is 11.3 Å². The molecule has 1 heterocycles. The predicted molar refractivity (Wildman–Crippen MR) is 81.5 cm³/mol. The molecule has 0 amide bonds. The smallest absolute Gasteiger partial charge is 0.103 e. The molecule has 3 heteroatoms. The molecule has 2 nitrogen and oxygen atoms in total. The SMILES string of the molecule is CC(C)c1ccc(/C(N)=C(/C#N)c2cccs2)cc1. The summed E-state index contributed by atoms with van der Waals surface area (Å²) in [5.74, 6) is 0.493. The summed E-state index contributed by atoms with van der Waals surface area (Å²) in [5, 5.41) is 11.2. The zero-order valence-electron chi connectivity index (χ0n) is 11.1. The summed E-state index contributed by atoms with van der Waals surface area (Å²) < 4.78 is 0. The molecule has 0 unspecified atom stereocenters. The Morgan fingerprint density at radius 1 is 1.21 bits per heavy atom. The topological polar surface area (TPSA) is 49.8 Å². The number of nitriles is 1. The Labute approximate surface area is 117 Å². The summed E-state index contributed by atoms with van der Waals surface area (Å²) in [7, 11) is 0. The second-order valence-corrected chi connectivity index (χ2v) is 5.60. The highest BCUT2D eigenvalue weighted by Gasteiger charge is 2.09. The number of nitrogens with zero attached hydrogens (tertiary/aromatic N) is 1. The lowest BCUT2D eigenvalue weighted by molar-refractivity contribution is 0.866. The lowest BCUT2D eigenvalue weighted by Crippen LogP contribution is -2.00. The van der Waals surface area contributed by atoms with Crippen molar-refractivity contribution in [1.29, 1.82) is 5.26 Å². The molecule has 0 aliphatic rings. The molecular weight excluding hydrogens is 252 g/mol. The van der Waals surface area contributed by atoms with Crippen LogP contribution < -0.4 is 5.73 Å². The average Bonchev–Trinajstić information content (AvgIpc) is 2.93. The molecule has 1 aromatic carbocycles. The molecule has 0 atom stereocenters. The maximum absolute atomic E-state index is 9.29. The van der Waals surface area contributed by atoms with E-state index in [9.17, 15) is 5.26 Å². The molecule has 0 bridgehead atoms. The van der Waals surface area contributed by atoms with Crippen LogP contribution in [-0.4, -0.2) is 0 Å². The van der Waals surface area contributed by atoms with Crippen LogP contribution in [-0.2, 0) is 0 Å². The monoisotopic (exact) mass is 268 g/mol. The Morgan fingerprint density at radius 3 is 2.37 bits per heavy atom. The summed E-state index contributed by atoms with van der Waals surface area (Å²) >= 11 is 1.53. The predicted octanol–water partition coefficient (Wildman–Crippen LogP) is 4.22.